The first kappa shape index (κ1) is 26.3. The van der Waals surface area contributed by atoms with Crippen molar-refractivity contribution in [2.75, 3.05) is 6.61 Å². The lowest BCUT2D eigenvalue weighted by Gasteiger charge is -2.56. The number of hydrogen-bond acceptors (Lipinski definition) is 3. The van der Waals surface area contributed by atoms with Gasteiger partial charge in [-0.3, -0.25) is 4.79 Å². The van der Waals surface area contributed by atoms with Gasteiger partial charge in [-0.15, -0.1) is 0 Å². The topological polar surface area (TPSA) is 35.5 Å². The highest BCUT2D eigenvalue weighted by Crippen LogP contribution is 2.57. The second-order valence-corrected chi connectivity index (χ2v) is 17.5. The Morgan fingerprint density at radius 2 is 1.54 bits per heavy atom. The van der Waals surface area contributed by atoms with Gasteiger partial charge in [-0.2, -0.15) is 0 Å². The number of allylic oxidation sites excluding steroid dienone is 2. The molecule has 0 saturated heterocycles. The fourth-order valence-corrected chi connectivity index (χ4v) is 12.2. The summed E-state index contributed by atoms with van der Waals surface area (Å²) >= 11 is 0. The molecule has 1 aliphatic heterocycles. The third-order valence-electron chi connectivity index (χ3n) is 9.13. The van der Waals surface area contributed by atoms with Gasteiger partial charge in [-0.25, -0.2) is 0 Å². The number of carbonyl (C=O) groups is 1. The number of rotatable bonds is 5. The molecule has 4 heteroatoms. The summed E-state index contributed by atoms with van der Waals surface area (Å²) < 4.78 is 13.8. The maximum atomic E-state index is 13.5. The van der Waals surface area contributed by atoms with Gasteiger partial charge in [0, 0.05) is 23.7 Å². The van der Waals surface area contributed by atoms with Crippen molar-refractivity contribution < 1.29 is 14.0 Å². The van der Waals surface area contributed by atoms with E-state index >= 15 is 0 Å². The van der Waals surface area contributed by atoms with Crippen molar-refractivity contribution in [1.29, 1.82) is 0 Å². The zero-order valence-corrected chi connectivity index (χ0v) is 24.2. The Morgan fingerprint density at radius 3 is 2.11 bits per heavy atom. The number of Topliss-reactive ketones (excluding diaryl/α,β-unsaturated/α-hetero) is 1. The van der Waals surface area contributed by atoms with Gasteiger partial charge >= 0.3 is 0 Å². The maximum absolute atomic E-state index is 13.5. The molecule has 0 amide bonds. The normalized spacial score (nSPS) is 31.0. The van der Waals surface area contributed by atoms with E-state index in [-0.39, 0.29) is 39.9 Å². The number of benzene rings is 2. The number of hydrogen-bond donors (Lipinski definition) is 0. The van der Waals surface area contributed by atoms with Crippen molar-refractivity contribution in [3.05, 3.63) is 85.0 Å². The Balaban J connectivity index is 1.45. The van der Waals surface area contributed by atoms with Gasteiger partial charge in [0.1, 0.15) is 5.78 Å². The predicted octanol–water partition coefficient (Wildman–Crippen LogP) is 6.08. The molecule has 2 aromatic rings. The van der Waals surface area contributed by atoms with Crippen molar-refractivity contribution >= 4 is 24.5 Å². The molecular weight excluding hydrogens is 472 g/mol. The molecule has 196 valence electrons. The van der Waals surface area contributed by atoms with E-state index in [1.54, 1.807) is 0 Å². The van der Waals surface area contributed by atoms with Crippen molar-refractivity contribution in [2.24, 2.45) is 22.7 Å². The number of ether oxygens (including phenoxy) is 1. The van der Waals surface area contributed by atoms with Gasteiger partial charge in [0.2, 0.25) is 0 Å². The van der Waals surface area contributed by atoms with Crippen LogP contribution in [0.25, 0.3) is 0 Å². The van der Waals surface area contributed by atoms with Crippen LogP contribution in [0, 0.1) is 22.7 Å². The summed E-state index contributed by atoms with van der Waals surface area (Å²) in [6.07, 6.45) is 10.3. The molecule has 0 aromatic heterocycles. The first-order chi connectivity index (χ1) is 17.5. The Bertz CT molecular complexity index is 1140. The van der Waals surface area contributed by atoms with Crippen LogP contribution in [0.4, 0.5) is 0 Å². The fraction of sp³-hybridized carbons (Fsp3) is 0.485. The highest BCUT2D eigenvalue weighted by molar-refractivity contribution is 6.99. The standard InChI is InChI=1S/C33H42O3Si/c1-31(2,3)37(25-14-9-7-10-15-25,26-16-11-8-12-17-26)35-23-24-18-19-27-29(36-24)22-28(34)30-32(4,5)20-13-21-33(27,30)6/h7-19,21,24,27,29-30H,20,22-23H2,1-6H3/t24-,27-,29+,30-,33+/m0/s1. The van der Waals surface area contributed by atoms with Crippen LogP contribution in [0.1, 0.15) is 54.4 Å². The Labute approximate surface area is 224 Å². The third kappa shape index (κ3) is 4.41. The van der Waals surface area contributed by atoms with Gasteiger partial charge in [-0.1, -0.05) is 127 Å². The highest BCUT2D eigenvalue weighted by Gasteiger charge is 2.58. The molecule has 5 atom stereocenters. The lowest BCUT2D eigenvalue weighted by atomic mass is 9.49. The maximum Gasteiger partial charge on any atom is 0.261 e. The van der Waals surface area contributed by atoms with E-state index in [2.05, 4.69) is 127 Å². The summed E-state index contributed by atoms with van der Waals surface area (Å²) in [5.41, 5.74) is -0.231. The SMILES string of the molecule is CC1(C)CC=C[C@]2(C)[C@H]3C=C[C@@H](CO[Si](c4ccccc4)(c4ccccc4)C(C)(C)C)O[C@@H]3CC(=O)[C@@H]12. The van der Waals surface area contributed by atoms with Crippen molar-refractivity contribution in [3.63, 3.8) is 0 Å². The molecule has 1 heterocycles. The van der Waals surface area contributed by atoms with Crippen LogP contribution in [-0.2, 0) is 14.0 Å². The molecule has 0 unspecified atom stereocenters. The first-order valence-electron chi connectivity index (χ1n) is 13.8. The second-order valence-electron chi connectivity index (χ2n) is 13.2. The van der Waals surface area contributed by atoms with Gasteiger partial charge in [0.15, 0.2) is 0 Å². The van der Waals surface area contributed by atoms with E-state index in [9.17, 15) is 4.79 Å². The minimum atomic E-state index is -2.64. The third-order valence-corrected chi connectivity index (χ3v) is 14.1. The molecule has 3 aliphatic rings. The lowest BCUT2D eigenvalue weighted by Crippen LogP contribution is -2.67. The number of carbonyl (C=O) groups excluding carboxylic acids is 1. The molecule has 0 spiro atoms. The van der Waals surface area contributed by atoms with E-state index in [4.69, 9.17) is 9.16 Å². The summed E-state index contributed by atoms with van der Waals surface area (Å²) in [6, 6.07) is 21.5. The molecule has 2 aromatic carbocycles. The van der Waals surface area contributed by atoms with E-state index in [1.807, 2.05) is 0 Å². The van der Waals surface area contributed by atoms with Crippen LogP contribution in [0.15, 0.2) is 85.0 Å². The average molecular weight is 515 g/mol. The largest absolute Gasteiger partial charge is 0.404 e. The zero-order valence-electron chi connectivity index (χ0n) is 23.2. The molecule has 0 N–H and O–H groups in total. The Hall–Kier alpha value is -2.27. The molecule has 37 heavy (non-hydrogen) atoms. The first-order valence-corrected chi connectivity index (χ1v) is 15.7. The van der Waals surface area contributed by atoms with E-state index < -0.39 is 8.32 Å². The van der Waals surface area contributed by atoms with Gasteiger partial charge < -0.3 is 9.16 Å². The summed E-state index contributed by atoms with van der Waals surface area (Å²) in [5.74, 6) is 0.583. The van der Waals surface area contributed by atoms with Crippen molar-refractivity contribution in [2.45, 2.75) is 71.6 Å². The van der Waals surface area contributed by atoms with Crippen molar-refractivity contribution in [1.82, 2.24) is 0 Å². The highest BCUT2D eigenvalue weighted by atomic mass is 28.4. The molecule has 5 rings (SSSR count). The summed E-state index contributed by atoms with van der Waals surface area (Å²) in [7, 11) is -2.64. The van der Waals surface area contributed by atoms with Crippen LogP contribution in [0.2, 0.25) is 5.04 Å². The number of ketones is 1. The smallest absolute Gasteiger partial charge is 0.261 e. The molecular formula is C33H42O3Si. The molecule has 1 fully saturated rings. The van der Waals surface area contributed by atoms with Gasteiger partial charge in [0.05, 0.1) is 18.8 Å². The van der Waals surface area contributed by atoms with Crippen LogP contribution in [0.3, 0.4) is 0 Å². The lowest BCUT2D eigenvalue weighted by molar-refractivity contribution is -0.156. The van der Waals surface area contributed by atoms with Crippen LogP contribution < -0.4 is 10.4 Å². The van der Waals surface area contributed by atoms with E-state index in [0.717, 1.165) is 6.42 Å². The summed E-state index contributed by atoms with van der Waals surface area (Å²) in [4.78, 5) is 13.5. The van der Waals surface area contributed by atoms with Gasteiger partial charge in [-0.05, 0) is 27.2 Å². The molecule has 1 saturated carbocycles. The van der Waals surface area contributed by atoms with Gasteiger partial charge in [0.25, 0.3) is 8.32 Å². The average Bonchev–Trinajstić information content (AvgIpc) is 2.84. The van der Waals surface area contributed by atoms with Crippen LogP contribution in [0.5, 0.6) is 0 Å². The molecule has 3 nitrogen and oxygen atoms in total. The quantitative estimate of drug-likeness (QED) is 0.358. The minimum absolute atomic E-state index is 0.0252. The number of fused-ring (bicyclic) bond motifs is 3. The summed E-state index contributed by atoms with van der Waals surface area (Å²) in [6.45, 7) is 14.1. The summed E-state index contributed by atoms with van der Waals surface area (Å²) in [5, 5.41) is 2.45. The van der Waals surface area contributed by atoms with E-state index in [1.165, 1.54) is 10.4 Å². The monoisotopic (exact) mass is 514 g/mol. The fourth-order valence-electron chi connectivity index (χ4n) is 7.64. The van der Waals surface area contributed by atoms with Crippen LogP contribution in [-0.4, -0.2) is 32.9 Å². The molecule has 0 bridgehead atoms. The Morgan fingerprint density at radius 1 is 0.946 bits per heavy atom. The zero-order chi connectivity index (χ0) is 26.5. The molecule has 2 aliphatic carbocycles. The molecule has 0 radical (unpaired) electrons. The minimum Gasteiger partial charge on any atom is -0.404 e. The van der Waals surface area contributed by atoms with Crippen molar-refractivity contribution in [3.8, 4) is 0 Å². The second kappa shape index (κ2) is 9.48. The van der Waals surface area contributed by atoms with Crippen LogP contribution >= 0.6 is 0 Å². The Kier molecular flexibility index (Phi) is 6.75. The van der Waals surface area contributed by atoms with E-state index in [0.29, 0.717) is 18.8 Å². The predicted molar refractivity (Wildman–Crippen MR) is 154 cm³/mol.